The fourth-order valence-corrected chi connectivity index (χ4v) is 7.21. The molecule has 300 valence electrons. The van der Waals surface area contributed by atoms with Crippen LogP contribution in [0.3, 0.4) is 0 Å². The van der Waals surface area contributed by atoms with Gasteiger partial charge in [0.1, 0.15) is 6.04 Å². The van der Waals surface area contributed by atoms with Gasteiger partial charge in [-0.05, 0) is 49.5 Å². The average Bonchev–Trinajstić information content (AvgIpc) is 3.71. The van der Waals surface area contributed by atoms with Gasteiger partial charge in [0, 0.05) is 72.4 Å². The third-order valence-corrected chi connectivity index (χ3v) is 10.7. The van der Waals surface area contributed by atoms with Gasteiger partial charge >= 0.3 is 12.1 Å². The van der Waals surface area contributed by atoms with Gasteiger partial charge in [-0.3, -0.25) is 9.59 Å². The number of aliphatic hydroxyl groups excluding tert-OH is 1. The lowest BCUT2D eigenvalue weighted by Crippen LogP contribution is -2.56. The van der Waals surface area contributed by atoms with Crippen molar-refractivity contribution >= 4 is 23.9 Å². The van der Waals surface area contributed by atoms with Crippen molar-refractivity contribution in [2.45, 2.75) is 102 Å². The summed E-state index contributed by atoms with van der Waals surface area (Å²) in [4.78, 5) is 68.5. The fourth-order valence-electron chi connectivity index (χ4n) is 7.21. The monoisotopic (exact) mass is 753 g/mol. The third-order valence-electron chi connectivity index (χ3n) is 10.7. The number of hydrogen-bond donors (Lipinski definition) is 3. The zero-order valence-electron chi connectivity index (χ0n) is 33.0. The Bertz CT molecular complexity index is 1430. The molecule has 1 aliphatic heterocycles. The van der Waals surface area contributed by atoms with Crippen molar-refractivity contribution in [2.75, 3.05) is 60.5 Å². The van der Waals surface area contributed by atoms with Crippen molar-refractivity contribution in [1.82, 2.24) is 34.9 Å². The summed E-state index contributed by atoms with van der Waals surface area (Å²) in [5.41, 5.74) is 1.39. The first-order chi connectivity index (χ1) is 25.9. The average molecular weight is 754 g/mol. The Balaban J connectivity index is 1.50. The SMILES string of the molecule is CC(C)CC[C@H](O)CC(NC(=O)[C@H](Cc1c[nH]cn1)N(C)C(=O)[C@H](Cc1ccccc1)OC(=O)N(C)CCN(C)C(=O)N1CCOCC1)C1CCCCC1. The first-order valence-electron chi connectivity index (χ1n) is 19.7. The molecule has 2 fully saturated rings. The smallest absolute Gasteiger partial charge is 0.410 e. The van der Waals surface area contributed by atoms with Crippen molar-refractivity contribution in [3.05, 3.63) is 54.1 Å². The number of nitrogens with zero attached hydrogens (tertiary/aromatic N) is 5. The number of rotatable bonds is 18. The molecule has 0 bridgehead atoms. The van der Waals surface area contributed by atoms with Crippen molar-refractivity contribution in [3.63, 3.8) is 0 Å². The van der Waals surface area contributed by atoms with E-state index in [1.165, 1.54) is 16.1 Å². The lowest BCUT2D eigenvalue weighted by molar-refractivity contribution is -0.146. The van der Waals surface area contributed by atoms with Gasteiger partial charge in [-0.1, -0.05) is 63.4 Å². The van der Waals surface area contributed by atoms with Crippen LogP contribution in [0.1, 0.15) is 76.5 Å². The summed E-state index contributed by atoms with van der Waals surface area (Å²) in [6, 6.07) is 7.94. The summed E-state index contributed by atoms with van der Waals surface area (Å²) < 4.78 is 11.3. The molecule has 0 spiro atoms. The van der Waals surface area contributed by atoms with Gasteiger partial charge in [0.2, 0.25) is 5.91 Å². The number of likely N-dealkylation sites (N-methyl/N-ethyl adjacent to an activating group) is 3. The maximum absolute atomic E-state index is 14.4. The molecule has 5 amide bonds. The molecule has 0 radical (unpaired) electrons. The molecule has 2 heterocycles. The molecule has 1 saturated carbocycles. The predicted molar refractivity (Wildman–Crippen MR) is 206 cm³/mol. The highest BCUT2D eigenvalue weighted by Gasteiger charge is 2.37. The molecule has 1 aromatic carbocycles. The number of nitrogens with one attached hydrogen (secondary N) is 2. The first kappa shape index (κ1) is 42.6. The van der Waals surface area contributed by atoms with Gasteiger partial charge in [-0.2, -0.15) is 0 Å². The molecule has 54 heavy (non-hydrogen) atoms. The highest BCUT2D eigenvalue weighted by Crippen LogP contribution is 2.29. The Kier molecular flexibility index (Phi) is 17.1. The number of hydrogen-bond acceptors (Lipinski definition) is 8. The molecule has 1 aromatic heterocycles. The van der Waals surface area contributed by atoms with Crippen LogP contribution in [-0.2, 0) is 31.9 Å². The molecule has 4 atom stereocenters. The molecule has 1 aliphatic carbocycles. The number of aliphatic hydroxyl groups is 1. The number of morpholine rings is 1. The third kappa shape index (κ3) is 13.3. The number of aromatic nitrogens is 2. The lowest BCUT2D eigenvalue weighted by Gasteiger charge is -2.36. The van der Waals surface area contributed by atoms with E-state index in [1.54, 1.807) is 37.1 Å². The molecular formula is C40H63N7O7. The number of aromatic amines is 1. The van der Waals surface area contributed by atoms with E-state index in [0.717, 1.165) is 44.1 Å². The van der Waals surface area contributed by atoms with Gasteiger partial charge in [-0.25, -0.2) is 14.6 Å². The Morgan fingerprint density at radius 3 is 2.31 bits per heavy atom. The number of imidazole rings is 1. The van der Waals surface area contributed by atoms with Gasteiger partial charge in [0.25, 0.3) is 5.91 Å². The predicted octanol–water partition coefficient (Wildman–Crippen LogP) is 4.10. The fraction of sp³-hybridized carbons (Fsp3) is 0.675. The van der Waals surface area contributed by atoms with Gasteiger partial charge in [0.05, 0.1) is 31.3 Å². The molecule has 3 N–H and O–H groups in total. The minimum Gasteiger partial charge on any atom is -0.436 e. The molecule has 2 aromatic rings. The minimum atomic E-state index is -1.23. The zero-order valence-corrected chi connectivity index (χ0v) is 33.0. The van der Waals surface area contributed by atoms with Crippen LogP contribution in [-0.4, -0.2) is 143 Å². The van der Waals surface area contributed by atoms with E-state index in [2.05, 4.69) is 29.1 Å². The maximum Gasteiger partial charge on any atom is 0.410 e. The Morgan fingerprint density at radius 1 is 0.981 bits per heavy atom. The second-order valence-corrected chi connectivity index (χ2v) is 15.4. The van der Waals surface area contributed by atoms with Gasteiger partial charge < -0.3 is 44.5 Å². The number of H-pyrrole nitrogens is 1. The van der Waals surface area contributed by atoms with Crippen LogP contribution in [0.15, 0.2) is 42.9 Å². The second-order valence-electron chi connectivity index (χ2n) is 15.4. The molecular weight excluding hydrogens is 690 g/mol. The number of carbonyl (C=O) groups is 4. The quantitative estimate of drug-likeness (QED) is 0.205. The number of benzene rings is 1. The van der Waals surface area contributed by atoms with E-state index in [0.29, 0.717) is 50.8 Å². The Labute approximate surface area is 320 Å². The van der Waals surface area contributed by atoms with E-state index in [4.69, 9.17) is 9.47 Å². The first-order valence-corrected chi connectivity index (χ1v) is 19.7. The number of ether oxygens (including phenoxy) is 2. The Morgan fingerprint density at radius 2 is 1.67 bits per heavy atom. The standard InChI is InChI=1S/C40H63N7O7/c1-29(2)16-17-33(48)26-34(31-14-10-7-11-15-31)43-37(49)35(25-32-27-41-28-42-32)46(5)38(50)36(24-30-12-8-6-9-13-30)54-40(52)45(4)19-18-44(3)39(51)47-20-22-53-23-21-47/h6,8-9,12-13,27-29,31,33-36,48H,7,10-11,14-26H2,1-5H3,(H,41,42)(H,43,49)/t33-,34?,35-,36-/m0/s1. The van der Waals surface area contributed by atoms with E-state index >= 15 is 0 Å². The van der Waals surface area contributed by atoms with Crippen LogP contribution in [0.2, 0.25) is 0 Å². The molecule has 14 heteroatoms. The summed E-state index contributed by atoms with van der Waals surface area (Å²) in [5, 5.41) is 14.3. The molecule has 1 unspecified atom stereocenters. The Hall–Kier alpha value is -4.17. The van der Waals surface area contributed by atoms with Crippen molar-refractivity contribution < 1.29 is 33.8 Å². The summed E-state index contributed by atoms with van der Waals surface area (Å²) in [6.45, 7) is 6.72. The van der Waals surface area contributed by atoms with Crippen LogP contribution in [0.5, 0.6) is 0 Å². The summed E-state index contributed by atoms with van der Waals surface area (Å²) in [7, 11) is 4.81. The van der Waals surface area contributed by atoms with Crippen molar-refractivity contribution in [1.29, 1.82) is 0 Å². The number of carbonyl (C=O) groups excluding carboxylic acids is 4. The largest absolute Gasteiger partial charge is 0.436 e. The summed E-state index contributed by atoms with van der Waals surface area (Å²) in [6.07, 6.45) is 8.23. The summed E-state index contributed by atoms with van der Waals surface area (Å²) in [5.74, 6) is -0.171. The minimum absolute atomic E-state index is 0.0997. The van der Waals surface area contributed by atoms with Crippen LogP contribution in [0.4, 0.5) is 9.59 Å². The summed E-state index contributed by atoms with van der Waals surface area (Å²) >= 11 is 0. The van der Waals surface area contributed by atoms with Gasteiger partial charge in [-0.15, -0.1) is 0 Å². The van der Waals surface area contributed by atoms with E-state index < -0.39 is 30.3 Å². The topological polar surface area (TPSA) is 161 Å². The van der Waals surface area contributed by atoms with E-state index in [1.807, 2.05) is 30.3 Å². The van der Waals surface area contributed by atoms with Crippen molar-refractivity contribution in [2.24, 2.45) is 11.8 Å². The lowest BCUT2D eigenvalue weighted by atomic mass is 9.81. The van der Waals surface area contributed by atoms with Crippen LogP contribution >= 0.6 is 0 Å². The zero-order chi connectivity index (χ0) is 39.0. The van der Waals surface area contributed by atoms with Gasteiger partial charge in [0.15, 0.2) is 6.10 Å². The number of urea groups is 1. The molecule has 4 rings (SSSR count). The molecule has 2 aliphatic rings. The number of amides is 5. The molecule has 14 nitrogen and oxygen atoms in total. The highest BCUT2D eigenvalue weighted by atomic mass is 16.6. The van der Waals surface area contributed by atoms with Crippen LogP contribution in [0.25, 0.3) is 0 Å². The maximum atomic E-state index is 14.4. The van der Waals surface area contributed by atoms with E-state index in [-0.39, 0.29) is 49.8 Å². The highest BCUT2D eigenvalue weighted by molar-refractivity contribution is 5.90. The normalized spacial score (nSPS) is 17.3. The molecule has 1 saturated heterocycles. The van der Waals surface area contributed by atoms with E-state index in [9.17, 15) is 24.3 Å². The van der Waals surface area contributed by atoms with Crippen molar-refractivity contribution in [3.8, 4) is 0 Å². The van der Waals surface area contributed by atoms with Crippen LogP contribution in [0, 0.1) is 11.8 Å². The van der Waals surface area contributed by atoms with Crippen LogP contribution < -0.4 is 5.32 Å². The second kappa shape index (κ2) is 21.7.